The van der Waals surface area contributed by atoms with Gasteiger partial charge >= 0.3 is 0 Å². The van der Waals surface area contributed by atoms with Crippen LogP contribution in [-0.2, 0) is 11.2 Å². The number of piperazine rings is 1. The summed E-state index contributed by atoms with van der Waals surface area (Å²) in [5, 5.41) is 9.15. The van der Waals surface area contributed by atoms with Crippen molar-refractivity contribution in [1.29, 1.82) is 0 Å². The standard InChI is InChI=1S/C25H34N4O/c1-19-8-5-6-13-22(19)28-29(25(30)21-11-7-12-21)24(23-18-26-16-17-27-23)15-14-20-9-3-2-4-10-20/h2-6,8-10,13,21,23-24,26-28H,7,11-12,14-18H2,1H3. The molecule has 2 aliphatic rings. The number of carbonyl (C=O) groups excluding carboxylic acids is 1. The first-order chi connectivity index (χ1) is 14.7. The van der Waals surface area contributed by atoms with Crippen LogP contribution in [0.5, 0.6) is 0 Å². The zero-order valence-corrected chi connectivity index (χ0v) is 17.9. The molecule has 1 aliphatic heterocycles. The summed E-state index contributed by atoms with van der Waals surface area (Å²) in [6, 6.07) is 19.1. The van der Waals surface area contributed by atoms with Gasteiger partial charge in [-0.25, -0.2) is 0 Å². The zero-order valence-electron chi connectivity index (χ0n) is 17.9. The Balaban J connectivity index is 1.60. The lowest BCUT2D eigenvalue weighted by atomic mass is 9.84. The number of aryl methyl sites for hydroxylation is 2. The Morgan fingerprint density at radius 1 is 1.10 bits per heavy atom. The molecule has 1 saturated heterocycles. The molecule has 2 fully saturated rings. The summed E-state index contributed by atoms with van der Waals surface area (Å²) in [5.74, 6) is 0.396. The van der Waals surface area contributed by atoms with E-state index >= 15 is 0 Å². The molecule has 0 spiro atoms. The summed E-state index contributed by atoms with van der Waals surface area (Å²) in [6.07, 6.45) is 5.04. The average molecular weight is 407 g/mol. The van der Waals surface area contributed by atoms with Crippen molar-refractivity contribution in [3.05, 3.63) is 65.7 Å². The number of para-hydroxylation sites is 1. The molecular formula is C25H34N4O. The lowest BCUT2D eigenvalue weighted by molar-refractivity contribution is -0.139. The summed E-state index contributed by atoms with van der Waals surface area (Å²) in [4.78, 5) is 13.6. The second kappa shape index (κ2) is 10.1. The van der Waals surface area contributed by atoms with Crippen molar-refractivity contribution in [3.8, 4) is 0 Å². The van der Waals surface area contributed by atoms with Gasteiger partial charge in [-0.1, -0.05) is 55.0 Å². The van der Waals surface area contributed by atoms with Crippen LogP contribution in [0.1, 0.15) is 36.8 Å². The van der Waals surface area contributed by atoms with Crippen molar-refractivity contribution in [2.75, 3.05) is 25.1 Å². The van der Waals surface area contributed by atoms with E-state index in [1.165, 1.54) is 5.56 Å². The second-order valence-corrected chi connectivity index (χ2v) is 8.62. The molecule has 5 nitrogen and oxygen atoms in total. The molecule has 2 aromatic rings. The molecule has 0 radical (unpaired) electrons. The van der Waals surface area contributed by atoms with Crippen molar-refractivity contribution < 1.29 is 4.79 Å². The van der Waals surface area contributed by atoms with E-state index in [-0.39, 0.29) is 23.9 Å². The Bertz CT molecular complexity index is 815. The molecule has 1 aliphatic carbocycles. The van der Waals surface area contributed by atoms with E-state index in [1.54, 1.807) is 0 Å². The van der Waals surface area contributed by atoms with E-state index in [1.807, 2.05) is 17.1 Å². The number of carbonyl (C=O) groups is 1. The van der Waals surface area contributed by atoms with Crippen LogP contribution >= 0.6 is 0 Å². The molecule has 2 atom stereocenters. The lowest BCUT2D eigenvalue weighted by Crippen LogP contribution is -2.62. The number of nitrogens with zero attached hydrogens (tertiary/aromatic N) is 1. The molecule has 1 saturated carbocycles. The average Bonchev–Trinajstić information content (AvgIpc) is 2.74. The van der Waals surface area contributed by atoms with Crippen LogP contribution < -0.4 is 16.1 Å². The van der Waals surface area contributed by atoms with Gasteiger partial charge in [0.15, 0.2) is 0 Å². The molecule has 0 aromatic heterocycles. The van der Waals surface area contributed by atoms with E-state index < -0.39 is 0 Å². The molecule has 2 unspecified atom stereocenters. The highest BCUT2D eigenvalue weighted by Crippen LogP contribution is 2.31. The number of amides is 1. The molecule has 160 valence electrons. The maximum atomic E-state index is 13.6. The predicted octanol–water partition coefficient (Wildman–Crippen LogP) is 3.51. The third kappa shape index (κ3) is 5.02. The van der Waals surface area contributed by atoms with Crippen molar-refractivity contribution in [2.24, 2.45) is 5.92 Å². The summed E-state index contributed by atoms with van der Waals surface area (Å²) in [7, 11) is 0. The number of nitrogens with one attached hydrogen (secondary N) is 3. The Labute approximate surface area is 180 Å². The van der Waals surface area contributed by atoms with E-state index in [0.717, 1.165) is 63.0 Å². The van der Waals surface area contributed by atoms with Crippen molar-refractivity contribution in [3.63, 3.8) is 0 Å². The van der Waals surface area contributed by atoms with Gasteiger partial charge in [0.25, 0.3) is 0 Å². The molecule has 2 aromatic carbocycles. The quantitative estimate of drug-likeness (QED) is 0.587. The highest BCUT2D eigenvalue weighted by atomic mass is 16.2. The number of hydrogen-bond donors (Lipinski definition) is 3. The Morgan fingerprint density at radius 2 is 1.87 bits per heavy atom. The third-order valence-corrected chi connectivity index (χ3v) is 6.52. The van der Waals surface area contributed by atoms with E-state index in [0.29, 0.717) is 0 Å². The maximum absolute atomic E-state index is 13.6. The van der Waals surface area contributed by atoms with E-state index in [4.69, 9.17) is 0 Å². The summed E-state index contributed by atoms with van der Waals surface area (Å²) in [5.41, 5.74) is 7.03. The van der Waals surface area contributed by atoms with Crippen molar-refractivity contribution in [1.82, 2.24) is 15.6 Å². The minimum absolute atomic E-state index is 0.0747. The smallest absolute Gasteiger partial charge is 0.244 e. The van der Waals surface area contributed by atoms with Crippen molar-refractivity contribution >= 4 is 11.6 Å². The normalized spacial score (nSPS) is 20.2. The zero-order chi connectivity index (χ0) is 20.8. The van der Waals surface area contributed by atoms with Gasteiger partial charge in [0.2, 0.25) is 5.91 Å². The van der Waals surface area contributed by atoms with Crippen LogP contribution in [0.25, 0.3) is 0 Å². The molecule has 30 heavy (non-hydrogen) atoms. The highest BCUT2D eigenvalue weighted by molar-refractivity contribution is 5.81. The van der Waals surface area contributed by atoms with Gasteiger partial charge in [-0.3, -0.25) is 15.2 Å². The fraction of sp³-hybridized carbons (Fsp3) is 0.480. The summed E-state index contributed by atoms with van der Waals surface area (Å²) < 4.78 is 0. The first kappa shape index (κ1) is 20.9. The van der Waals surface area contributed by atoms with Crippen molar-refractivity contribution in [2.45, 2.75) is 51.1 Å². The van der Waals surface area contributed by atoms with Crippen LogP contribution in [0.15, 0.2) is 54.6 Å². The fourth-order valence-corrected chi connectivity index (χ4v) is 4.40. The van der Waals surface area contributed by atoms with Gasteiger partial charge in [-0.05, 0) is 49.8 Å². The molecular weight excluding hydrogens is 372 g/mol. The van der Waals surface area contributed by atoms with Crippen LogP contribution in [0, 0.1) is 12.8 Å². The van der Waals surface area contributed by atoms with Gasteiger partial charge in [-0.15, -0.1) is 0 Å². The number of rotatable bonds is 8. The van der Waals surface area contributed by atoms with E-state index in [2.05, 4.69) is 65.4 Å². The maximum Gasteiger partial charge on any atom is 0.244 e. The monoisotopic (exact) mass is 406 g/mol. The Kier molecular flexibility index (Phi) is 7.03. The van der Waals surface area contributed by atoms with E-state index in [9.17, 15) is 4.79 Å². The second-order valence-electron chi connectivity index (χ2n) is 8.62. The van der Waals surface area contributed by atoms with Crippen LogP contribution in [-0.4, -0.2) is 42.6 Å². The third-order valence-electron chi connectivity index (χ3n) is 6.52. The highest BCUT2D eigenvalue weighted by Gasteiger charge is 2.37. The molecule has 3 N–H and O–H groups in total. The number of hydrazine groups is 1. The topological polar surface area (TPSA) is 56.4 Å². The first-order valence-corrected chi connectivity index (χ1v) is 11.4. The van der Waals surface area contributed by atoms with Gasteiger partial charge in [-0.2, -0.15) is 0 Å². The van der Waals surface area contributed by atoms with Gasteiger partial charge < -0.3 is 10.6 Å². The number of hydrogen-bond acceptors (Lipinski definition) is 4. The number of anilines is 1. The molecule has 5 heteroatoms. The van der Waals surface area contributed by atoms with Gasteiger partial charge in [0, 0.05) is 31.6 Å². The minimum atomic E-state index is 0.0747. The lowest BCUT2D eigenvalue weighted by Gasteiger charge is -2.42. The molecule has 4 rings (SSSR count). The van der Waals surface area contributed by atoms with Crippen LogP contribution in [0.4, 0.5) is 5.69 Å². The molecule has 1 heterocycles. The predicted molar refractivity (Wildman–Crippen MR) is 122 cm³/mol. The summed E-state index contributed by atoms with van der Waals surface area (Å²) in [6.45, 7) is 4.88. The number of benzene rings is 2. The van der Waals surface area contributed by atoms with Gasteiger partial charge in [0.05, 0.1) is 11.7 Å². The Morgan fingerprint density at radius 3 is 2.53 bits per heavy atom. The van der Waals surface area contributed by atoms with Crippen LogP contribution in [0.3, 0.4) is 0 Å². The SMILES string of the molecule is Cc1ccccc1NN(C(=O)C1CCC1)C(CCc1ccccc1)C1CNCCN1. The largest absolute Gasteiger partial charge is 0.314 e. The summed E-state index contributed by atoms with van der Waals surface area (Å²) >= 11 is 0. The fourth-order valence-electron chi connectivity index (χ4n) is 4.40. The molecule has 0 bridgehead atoms. The first-order valence-electron chi connectivity index (χ1n) is 11.4. The van der Waals surface area contributed by atoms with Gasteiger partial charge in [0.1, 0.15) is 0 Å². The minimum Gasteiger partial charge on any atom is -0.314 e. The van der Waals surface area contributed by atoms with Crippen LogP contribution in [0.2, 0.25) is 0 Å². The Hall–Kier alpha value is -2.37. The molecule has 1 amide bonds.